The summed E-state index contributed by atoms with van der Waals surface area (Å²) in [5.41, 5.74) is -0.108. The molecule has 0 unspecified atom stereocenters. The highest BCUT2D eigenvalue weighted by Gasteiger charge is 2.17. The lowest BCUT2D eigenvalue weighted by Gasteiger charge is -2.10. The van der Waals surface area contributed by atoms with E-state index in [1.54, 1.807) is 56.0 Å². The van der Waals surface area contributed by atoms with Crippen molar-refractivity contribution in [2.45, 2.75) is 0 Å². The van der Waals surface area contributed by atoms with Crippen LogP contribution in [0.3, 0.4) is 0 Å². The molecule has 8 heteroatoms. The van der Waals surface area contributed by atoms with Crippen LogP contribution >= 0.6 is 0 Å². The van der Waals surface area contributed by atoms with Crippen LogP contribution in [0, 0.1) is 0 Å². The minimum Gasteiger partial charge on any atom is -0.275 e. The van der Waals surface area contributed by atoms with Gasteiger partial charge in [0.1, 0.15) is 0 Å². The van der Waals surface area contributed by atoms with E-state index in [0.29, 0.717) is 17.1 Å². The van der Waals surface area contributed by atoms with E-state index in [2.05, 4.69) is 15.3 Å². The molecule has 19 heavy (non-hydrogen) atoms. The summed E-state index contributed by atoms with van der Waals surface area (Å²) in [4.78, 5) is 24.1. The lowest BCUT2D eigenvalue weighted by atomic mass is 10.3. The van der Waals surface area contributed by atoms with E-state index < -0.39 is 5.56 Å². The van der Waals surface area contributed by atoms with Gasteiger partial charge in [0.25, 0.3) is 0 Å². The predicted octanol–water partition coefficient (Wildman–Crippen LogP) is -1.20. The minimum absolute atomic E-state index is 0.295. The van der Waals surface area contributed by atoms with Crippen LogP contribution in [0.1, 0.15) is 0 Å². The van der Waals surface area contributed by atoms with E-state index in [1.165, 1.54) is 0 Å². The quantitative estimate of drug-likeness (QED) is 0.366. The van der Waals surface area contributed by atoms with Gasteiger partial charge in [-0.1, -0.05) is 0 Å². The molecule has 0 aliphatic heterocycles. The third kappa shape index (κ3) is 2.51. The van der Waals surface area contributed by atoms with Crippen molar-refractivity contribution in [2.24, 2.45) is 0 Å². The fraction of sp³-hybridized carbons (Fsp3) is 0.364. The van der Waals surface area contributed by atoms with Crippen LogP contribution in [0.25, 0.3) is 11.0 Å². The van der Waals surface area contributed by atoms with Crippen LogP contribution in [-0.2, 0) is 0 Å². The number of nitrogens with zero attached hydrogens (tertiary/aromatic N) is 6. The first-order valence-electron chi connectivity index (χ1n) is 5.61. The van der Waals surface area contributed by atoms with Gasteiger partial charge in [0.05, 0.1) is 33.6 Å². The molecule has 0 atom stereocenters. The molecule has 0 aliphatic rings. The fourth-order valence-corrected chi connectivity index (χ4v) is 1.57. The van der Waals surface area contributed by atoms with Crippen LogP contribution in [0.15, 0.2) is 23.1 Å². The molecule has 8 nitrogen and oxygen atoms in total. The van der Waals surface area contributed by atoms with E-state index in [-0.39, 0.29) is 0 Å². The summed E-state index contributed by atoms with van der Waals surface area (Å²) >= 11 is 0. The number of aromatic nitrogens is 4. The van der Waals surface area contributed by atoms with Crippen molar-refractivity contribution < 1.29 is 9.41 Å². The molecule has 2 aromatic heterocycles. The van der Waals surface area contributed by atoms with Gasteiger partial charge >= 0.3 is 11.6 Å². The molecule has 0 N–H and O–H groups in total. The van der Waals surface area contributed by atoms with E-state index in [4.69, 9.17) is 4.84 Å². The number of hydrogen-bond donors (Lipinski definition) is 0. The predicted molar refractivity (Wildman–Crippen MR) is 69.0 cm³/mol. The molecule has 0 radical (unpaired) electrons. The molecule has 2 heterocycles. The van der Waals surface area contributed by atoms with E-state index in [0.717, 1.165) is 4.85 Å². The second kappa shape index (κ2) is 5.01. The monoisotopic (exact) mass is 263 g/mol. The molecule has 0 amide bonds. The van der Waals surface area contributed by atoms with Gasteiger partial charge in [-0.15, -0.1) is 5.10 Å². The first-order chi connectivity index (χ1) is 9.00. The zero-order valence-corrected chi connectivity index (χ0v) is 11.2. The lowest BCUT2D eigenvalue weighted by molar-refractivity contribution is -0.480. The summed E-state index contributed by atoms with van der Waals surface area (Å²) in [6.45, 7) is 0. The summed E-state index contributed by atoms with van der Waals surface area (Å²) in [5.74, 6) is 0. The van der Waals surface area contributed by atoms with E-state index in [9.17, 15) is 4.79 Å². The van der Waals surface area contributed by atoms with Crippen molar-refractivity contribution in [2.75, 3.05) is 28.2 Å². The van der Waals surface area contributed by atoms with Crippen molar-refractivity contribution in [3.05, 3.63) is 28.7 Å². The molecule has 2 aromatic rings. The molecular weight excluding hydrogens is 248 g/mol. The maximum absolute atomic E-state index is 12.2. The topological polar surface area (TPSA) is 76.2 Å². The number of pyridine rings is 1. The highest BCUT2D eigenvalue weighted by Crippen LogP contribution is 1.98. The summed E-state index contributed by atoms with van der Waals surface area (Å²) in [6, 6.07) is 3.75. The molecule has 0 bridgehead atoms. The van der Waals surface area contributed by atoms with E-state index in [1.807, 2.05) is 0 Å². The van der Waals surface area contributed by atoms with Crippen LogP contribution in [0.4, 0.5) is 0 Å². The Balaban J connectivity index is 2.50. The molecule has 0 aromatic carbocycles. The average Bonchev–Trinajstić information content (AvgIpc) is 2.37. The van der Waals surface area contributed by atoms with Gasteiger partial charge in [0.15, 0.2) is 5.65 Å². The lowest BCUT2D eigenvalue weighted by Crippen LogP contribution is -2.43. The smallest absolute Gasteiger partial charge is 0.275 e. The molecule has 100 valence electrons. The molecule has 0 saturated carbocycles. The minimum atomic E-state index is -0.403. The number of fused-ring (bicyclic) bond motifs is 1. The van der Waals surface area contributed by atoms with Gasteiger partial charge in [-0.3, -0.25) is 9.63 Å². The van der Waals surface area contributed by atoms with Crippen molar-refractivity contribution >= 4 is 17.1 Å². The standard InChI is InChI=1S/C11H15N6O2/c1-15(2)11(16(3)4)19-17-10(18)8-6-5-7-12-9(8)13-14-17/h5-7H,1-4H3/q+1. The van der Waals surface area contributed by atoms with Crippen LogP contribution in [0.2, 0.25) is 0 Å². The van der Waals surface area contributed by atoms with Crippen molar-refractivity contribution in [3.8, 4) is 0 Å². The highest BCUT2D eigenvalue weighted by atomic mass is 16.7. The Morgan fingerprint density at radius 2 is 2.16 bits per heavy atom. The second-order valence-electron chi connectivity index (χ2n) is 4.30. The number of hydrogen-bond acceptors (Lipinski definition) is 5. The van der Waals surface area contributed by atoms with Crippen LogP contribution < -0.4 is 10.4 Å². The second-order valence-corrected chi connectivity index (χ2v) is 4.30. The number of amidine groups is 1. The highest BCUT2D eigenvalue weighted by molar-refractivity contribution is 5.72. The molecular formula is C11H15N6O2+. The Labute approximate surface area is 109 Å². The van der Waals surface area contributed by atoms with Gasteiger partial charge in [-0.25, -0.2) is 14.5 Å². The average molecular weight is 263 g/mol. The molecule has 0 fully saturated rings. The van der Waals surface area contributed by atoms with E-state index >= 15 is 0 Å². The van der Waals surface area contributed by atoms with Gasteiger partial charge < -0.3 is 0 Å². The van der Waals surface area contributed by atoms with Crippen LogP contribution in [-0.4, -0.2) is 63.8 Å². The van der Waals surface area contributed by atoms with Crippen LogP contribution in [0.5, 0.6) is 0 Å². The molecule has 0 aliphatic carbocycles. The maximum Gasteiger partial charge on any atom is 0.472 e. The van der Waals surface area contributed by atoms with Gasteiger partial charge in [0, 0.05) is 6.20 Å². The SMILES string of the molecule is CN(C)C(On1nnc2ncccc2c1=O)=[N+](C)C. The van der Waals surface area contributed by atoms with Crippen molar-refractivity contribution in [3.63, 3.8) is 0 Å². The first-order valence-corrected chi connectivity index (χ1v) is 5.61. The van der Waals surface area contributed by atoms with Gasteiger partial charge in [0.2, 0.25) is 0 Å². The largest absolute Gasteiger partial charge is 0.472 e. The maximum atomic E-state index is 12.2. The summed E-state index contributed by atoms with van der Waals surface area (Å²) in [7, 11) is 7.21. The van der Waals surface area contributed by atoms with Gasteiger partial charge in [-0.05, 0) is 22.2 Å². The van der Waals surface area contributed by atoms with Gasteiger partial charge in [-0.2, -0.15) is 0 Å². The third-order valence-corrected chi connectivity index (χ3v) is 2.34. The Morgan fingerprint density at radius 3 is 2.79 bits per heavy atom. The Bertz CT molecular complexity index is 687. The summed E-state index contributed by atoms with van der Waals surface area (Å²) < 4.78 is 1.72. The van der Waals surface area contributed by atoms with Crippen molar-refractivity contribution in [1.82, 2.24) is 25.0 Å². The normalized spacial score (nSPS) is 10.3. The summed E-state index contributed by atoms with van der Waals surface area (Å²) in [5, 5.41) is 7.90. The Hall–Kier alpha value is -2.51. The molecule has 0 saturated heterocycles. The molecule has 0 spiro atoms. The first kappa shape index (κ1) is 12.9. The van der Waals surface area contributed by atoms with Crippen molar-refractivity contribution in [1.29, 1.82) is 0 Å². The zero-order valence-electron chi connectivity index (χ0n) is 11.2. The summed E-state index contributed by atoms with van der Waals surface area (Å²) in [6.07, 6.45) is 1.55. The Morgan fingerprint density at radius 1 is 1.42 bits per heavy atom. The fourth-order valence-electron chi connectivity index (χ4n) is 1.57. The molecule has 2 rings (SSSR count). The Kier molecular flexibility index (Phi) is 3.41. The number of rotatable bonds is 1. The third-order valence-electron chi connectivity index (χ3n) is 2.34. The zero-order chi connectivity index (χ0) is 14.0.